The summed E-state index contributed by atoms with van der Waals surface area (Å²) < 4.78 is 10.3. The lowest BCUT2D eigenvalue weighted by Gasteiger charge is -2.19. The number of carbonyl (C=O) groups is 4. The average molecular weight is 406 g/mol. The average Bonchev–Trinajstić information content (AvgIpc) is 2.54. The first-order valence-corrected chi connectivity index (χ1v) is 8.80. The topological polar surface area (TPSA) is 175 Å². The van der Waals surface area contributed by atoms with E-state index in [0.29, 0.717) is 0 Å². The molecule has 0 saturated heterocycles. The first-order chi connectivity index (χ1) is 13.0. The van der Waals surface area contributed by atoms with E-state index in [1.807, 2.05) is 0 Å². The number of carbonyl (C=O) groups excluding carboxylic acids is 2. The third kappa shape index (κ3) is 15.5. The van der Waals surface area contributed by atoms with Crippen molar-refractivity contribution in [2.45, 2.75) is 45.3 Å². The van der Waals surface area contributed by atoms with Gasteiger partial charge in [-0.2, -0.15) is 0 Å². The Bertz CT molecular complexity index is 521. The van der Waals surface area contributed by atoms with Crippen LogP contribution in [0.2, 0.25) is 0 Å². The van der Waals surface area contributed by atoms with Crippen LogP contribution in [-0.4, -0.2) is 78.9 Å². The van der Waals surface area contributed by atoms with E-state index < -0.39 is 35.8 Å². The maximum absolute atomic E-state index is 12.0. The molecule has 0 radical (unpaired) electrons. The highest BCUT2D eigenvalue weighted by Gasteiger charge is 2.20. The normalized spacial score (nSPS) is 11.8. The van der Waals surface area contributed by atoms with Gasteiger partial charge in [0.1, 0.15) is 11.6 Å². The molecule has 0 aliphatic rings. The molecule has 0 aromatic rings. The van der Waals surface area contributed by atoms with Gasteiger partial charge in [0.05, 0.1) is 13.2 Å². The monoisotopic (exact) mass is 406 g/mol. The van der Waals surface area contributed by atoms with Crippen molar-refractivity contribution in [2.24, 2.45) is 0 Å². The van der Waals surface area contributed by atoms with Crippen molar-refractivity contribution in [1.82, 2.24) is 21.3 Å². The molecule has 0 rings (SSSR count). The lowest BCUT2D eigenvalue weighted by atomic mass is 10.1. The largest absolute Gasteiger partial charge is 0.465 e. The van der Waals surface area contributed by atoms with E-state index in [-0.39, 0.29) is 45.7 Å². The van der Waals surface area contributed by atoms with E-state index in [0.717, 1.165) is 0 Å². The summed E-state index contributed by atoms with van der Waals surface area (Å²) in [7, 11) is 0. The van der Waals surface area contributed by atoms with Crippen LogP contribution < -0.4 is 21.3 Å². The molecule has 0 bridgehead atoms. The third-order valence-corrected chi connectivity index (χ3v) is 3.02. The van der Waals surface area contributed by atoms with Crippen LogP contribution in [0.3, 0.4) is 0 Å². The minimum Gasteiger partial charge on any atom is -0.465 e. The molecule has 0 saturated carbocycles. The zero-order chi connectivity index (χ0) is 21.6. The predicted octanol–water partition coefficient (Wildman–Crippen LogP) is 0.328. The van der Waals surface area contributed by atoms with Crippen molar-refractivity contribution in [2.75, 3.05) is 32.8 Å². The molecule has 0 aromatic heterocycles. The highest BCUT2D eigenvalue weighted by Crippen LogP contribution is 2.06. The molecule has 0 spiro atoms. The maximum Gasteiger partial charge on any atom is 0.407 e. The van der Waals surface area contributed by atoms with Crippen molar-refractivity contribution in [3.05, 3.63) is 0 Å². The van der Waals surface area contributed by atoms with Crippen LogP contribution >= 0.6 is 0 Å². The van der Waals surface area contributed by atoms with Crippen LogP contribution in [0, 0.1) is 0 Å². The Morgan fingerprint density at radius 3 is 2.04 bits per heavy atom. The number of carboxylic acid groups (broad SMARTS) is 2. The van der Waals surface area contributed by atoms with Gasteiger partial charge >= 0.3 is 18.3 Å². The lowest BCUT2D eigenvalue weighted by Crippen LogP contribution is -2.47. The third-order valence-electron chi connectivity index (χ3n) is 3.02. The summed E-state index contributed by atoms with van der Waals surface area (Å²) in [6, 6.07) is -0.998. The number of nitrogens with one attached hydrogen (secondary N) is 4. The summed E-state index contributed by atoms with van der Waals surface area (Å²) in [6.07, 6.45) is -2.66. The van der Waals surface area contributed by atoms with E-state index in [9.17, 15) is 19.2 Å². The molecule has 4 amide bonds. The Kier molecular flexibility index (Phi) is 12.1. The van der Waals surface area contributed by atoms with Gasteiger partial charge in [-0.15, -0.1) is 0 Å². The van der Waals surface area contributed by atoms with Gasteiger partial charge < -0.3 is 41.0 Å². The van der Waals surface area contributed by atoms with Crippen molar-refractivity contribution in [3.8, 4) is 0 Å². The maximum atomic E-state index is 12.0. The molecule has 0 aliphatic carbocycles. The number of amides is 4. The summed E-state index contributed by atoms with van der Waals surface area (Å²) in [4.78, 5) is 44.6. The first kappa shape index (κ1) is 25.2. The van der Waals surface area contributed by atoms with Crippen molar-refractivity contribution < 1.29 is 38.9 Å². The smallest absolute Gasteiger partial charge is 0.407 e. The van der Waals surface area contributed by atoms with Crippen LogP contribution in [0.25, 0.3) is 0 Å². The lowest BCUT2D eigenvalue weighted by molar-refractivity contribution is -0.123. The standard InChI is InChI=1S/C16H30N4O8/c1-16(2,3)28-15(26)19-8-10-27-9-7-17-12(21)11(20-14(24)25)5-4-6-18-13(22)23/h11,18,20H,4-10H2,1-3H3,(H,17,21)(H,19,26)(H,22,23)(H,24,25). The fourth-order valence-corrected chi connectivity index (χ4v) is 1.93. The van der Waals surface area contributed by atoms with Crippen molar-refractivity contribution >= 4 is 24.2 Å². The molecule has 0 aliphatic heterocycles. The van der Waals surface area contributed by atoms with Crippen LogP contribution in [0.1, 0.15) is 33.6 Å². The Morgan fingerprint density at radius 2 is 1.50 bits per heavy atom. The Balaban J connectivity index is 3.96. The van der Waals surface area contributed by atoms with Gasteiger partial charge in [-0.25, -0.2) is 14.4 Å². The van der Waals surface area contributed by atoms with E-state index >= 15 is 0 Å². The molecule has 0 fully saturated rings. The number of ether oxygens (including phenoxy) is 2. The second-order valence-electron chi connectivity index (χ2n) is 6.71. The van der Waals surface area contributed by atoms with E-state index in [1.165, 1.54) is 0 Å². The Morgan fingerprint density at radius 1 is 0.893 bits per heavy atom. The fraction of sp³-hybridized carbons (Fsp3) is 0.750. The van der Waals surface area contributed by atoms with Gasteiger partial charge in [0.2, 0.25) is 5.91 Å². The molecule has 1 atom stereocenters. The number of rotatable bonds is 12. The number of alkyl carbamates (subject to hydrolysis) is 1. The molecule has 12 heteroatoms. The van der Waals surface area contributed by atoms with Gasteiger partial charge in [0, 0.05) is 19.6 Å². The van der Waals surface area contributed by atoms with Crippen LogP contribution in [-0.2, 0) is 14.3 Å². The predicted molar refractivity (Wildman–Crippen MR) is 98.3 cm³/mol. The van der Waals surface area contributed by atoms with Gasteiger partial charge in [0.25, 0.3) is 0 Å². The summed E-state index contributed by atoms with van der Waals surface area (Å²) in [5.74, 6) is -0.534. The molecular formula is C16H30N4O8. The zero-order valence-electron chi connectivity index (χ0n) is 16.4. The van der Waals surface area contributed by atoms with E-state index in [1.54, 1.807) is 20.8 Å². The minimum absolute atomic E-state index is 0.105. The van der Waals surface area contributed by atoms with Crippen LogP contribution in [0.4, 0.5) is 14.4 Å². The summed E-state index contributed by atoms with van der Waals surface area (Å²) >= 11 is 0. The fourth-order valence-electron chi connectivity index (χ4n) is 1.93. The molecule has 6 N–H and O–H groups in total. The summed E-state index contributed by atoms with van der Waals surface area (Å²) in [5.41, 5.74) is -0.584. The molecule has 28 heavy (non-hydrogen) atoms. The van der Waals surface area contributed by atoms with Gasteiger partial charge in [-0.05, 0) is 33.6 Å². The second kappa shape index (κ2) is 13.4. The molecule has 162 valence electrons. The molecule has 12 nitrogen and oxygen atoms in total. The van der Waals surface area contributed by atoms with Crippen LogP contribution in [0.5, 0.6) is 0 Å². The van der Waals surface area contributed by atoms with Crippen molar-refractivity contribution in [1.29, 1.82) is 0 Å². The second-order valence-corrected chi connectivity index (χ2v) is 6.71. The quantitative estimate of drug-likeness (QED) is 0.251. The van der Waals surface area contributed by atoms with E-state index in [2.05, 4.69) is 21.3 Å². The Hall–Kier alpha value is -2.76. The van der Waals surface area contributed by atoms with Crippen molar-refractivity contribution in [3.63, 3.8) is 0 Å². The van der Waals surface area contributed by atoms with Gasteiger partial charge in [-0.3, -0.25) is 4.79 Å². The number of hydrogen-bond acceptors (Lipinski definition) is 6. The van der Waals surface area contributed by atoms with E-state index in [4.69, 9.17) is 19.7 Å². The highest BCUT2D eigenvalue weighted by molar-refractivity contribution is 5.85. The highest BCUT2D eigenvalue weighted by atomic mass is 16.6. The molecular weight excluding hydrogens is 376 g/mol. The first-order valence-electron chi connectivity index (χ1n) is 8.80. The van der Waals surface area contributed by atoms with Gasteiger partial charge in [-0.1, -0.05) is 0 Å². The Labute approximate surface area is 163 Å². The molecule has 0 heterocycles. The SMILES string of the molecule is CC(C)(C)OC(=O)NCCOCCNC(=O)C(CCCNC(=O)O)NC(=O)O. The van der Waals surface area contributed by atoms with Crippen LogP contribution in [0.15, 0.2) is 0 Å². The summed E-state index contributed by atoms with van der Waals surface area (Å²) in [5, 5.41) is 26.5. The molecule has 1 unspecified atom stereocenters. The van der Waals surface area contributed by atoms with Gasteiger partial charge in [0.15, 0.2) is 0 Å². The minimum atomic E-state index is -1.35. The number of hydrogen-bond donors (Lipinski definition) is 6. The molecule has 0 aromatic carbocycles. The summed E-state index contributed by atoms with van der Waals surface area (Å²) in [6.45, 7) is 6.13. The zero-order valence-corrected chi connectivity index (χ0v) is 16.4.